The van der Waals surface area contributed by atoms with Crippen LogP contribution in [0.25, 0.3) is 21.5 Å². The van der Waals surface area contributed by atoms with Crippen molar-refractivity contribution in [1.82, 2.24) is 15.1 Å². The fourth-order valence-electron chi connectivity index (χ4n) is 2.58. The van der Waals surface area contributed by atoms with Crippen molar-refractivity contribution in [2.75, 3.05) is 0 Å². The van der Waals surface area contributed by atoms with Crippen LogP contribution < -0.4 is 4.74 Å². The molecule has 0 atom stereocenters. The Hall–Kier alpha value is -2.44. The summed E-state index contributed by atoms with van der Waals surface area (Å²) in [6.07, 6.45) is 1.52. The fraction of sp³-hybridized carbons (Fsp3) is 0.167. The van der Waals surface area contributed by atoms with Crippen LogP contribution in [0.15, 0.2) is 41.2 Å². The van der Waals surface area contributed by atoms with Gasteiger partial charge in [0.2, 0.25) is 5.88 Å². The van der Waals surface area contributed by atoms with Gasteiger partial charge in [-0.05, 0) is 25.5 Å². The van der Waals surface area contributed by atoms with Gasteiger partial charge in [-0.2, -0.15) is 0 Å². The lowest BCUT2D eigenvalue weighted by Gasteiger charge is -2.04. The number of thiophene rings is 1. The SMILES string of the molecule is Cc1sc2ncnc(OCc3cc(-c4ccccc4Cl)no3)c2c1C. The molecule has 4 aromatic rings. The van der Waals surface area contributed by atoms with Gasteiger partial charge in [0.1, 0.15) is 16.9 Å². The van der Waals surface area contributed by atoms with E-state index in [0.29, 0.717) is 22.4 Å². The molecule has 0 aliphatic carbocycles. The molecular weight excluding hydrogens is 358 g/mol. The summed E-state index contributed by atoms with van der Waals surface area (Å²) in [5.74, 6) is 1.16. The summed E-state index contributed by atoms with van der Waals surface area (Å²) < 4.78 is 11.2. The first-order valence-electron chi connectivity index (χ1n) is 7.67. The van der Waals surface area contributed by atoms with Gasteiger partial charge in [0.05, 0.1) is 10.4 Å². The molecule has 4 rings (SSSR count). The summed E-state index contributed by atoms with van der Waals surface area (Å²) in [7, 11) is 0. The van der Waals surface area contributed by atoms with Crippen molar-refractivity contribution in [1.29, 1.82) is 0 Å². The maximum atomic E-state index is 6.20. The second kappa shape index (κ2) is 6.46. The number of aromatic nitrogens is 3. The molecule has 0 saturated carbocycles. The highest BCUT2D eigenvalue weighted by atomic mass is 35.5. The molecule has 3 aromatic heterocycles. The third kappa shape index (κ3) is 2.99. The molecule has 0 aliphatic rings. The molecule has 0 fully saturated rings. The minimum Gasteiger partial charge on any atom is -0.469 e. The van der Waals surface area contributed by atoms with Gasteiger partial charge >= 0.3 is 0 Å². The molecule has 0 unspecified atom stereocenters. The normalized spacial score (nSPS) is 11.2. The third-order valence-electron chi connectivity index (χ3n) is 3.99. The Morgan fingerprint density at radius 2 is 2.04 bits per heavy atom. The molecular formula is C18H14ClN3O2S. The van der Waals surface area contributed by atoms with E-state index < -0.39 is 0 Å². The van der Waals surface area contributed by atoms with E-state index in [1.807, 2.05) is 37.3 Å². The molecule has 5 nitrogen and oxygen atoms in total. The van der Waals surface area contributed by atoms with E-state index in [-0.39, 0.29) is 6.61 Å². The molecule has 0 aliphatic heterocycles. The number of aryl methyl sites for hydroxylation is 2. The topological polar surface area (TPSA) is 61.0 Å². The smallest absolute Gasteiger partial charge is 0.226 e. The molecule has 0 amide bonds. The first kappa shape index (κ1) is 16.1. The highest BCUT2D eigenvalue weighted by Gasteiger charge is 2.15. The average molecular weight is 372 g/mol. The van der Waals surface area contributed by atoms with Crippen molar-refractivity contribution in [2.24, 2.45) is 0 Å². The van der Waals surface area contributed by atoms with Crippen molar-refractivity contribution in [3.05, 3.63) is 57.9 Å². The van der Waals surface area contributed by atoms with Gasteiger partial charge in [-0.3, -0.25) is 0 Å². The van der Waals surface area contributed by atoms with Gasteiger partial charge in [-0.15, -0.1) is 11.3 Å². The Labute approximate surface area is 153 Å². The molecule has 0 saturated heterocycles. The summed E-state index contributed by atoms with van der Waals surface area (Å²) in [5.41, 5.74) is 2.65. The Balaban J connectivity index is 1.58. The number of halogens is 1. The van der Waals surface area contributed by atoms with E-state index in [1.165, 1.54) is 11.2 Å². The largest absolute Gasteiger partial charge is 0.469 e. The van der Waals surface area contributed by atoms with Crippen molar-refractivity contribution in [2.45, 2.75) is 20.5 Å². The number of hydrogen-bond donors (Lipinski definition) is 0. The second-order valence-electron chi connectivity index (χ2n) is 5.59. The van der Waals surface area contributed by atoms with Gasteiger partial charge in [-0.25, -0.2) is 9.97 Å². The lowest BCUT2D eigenvalue weighted by Crippen LogP contribution is -1.97. The van der Waals surface area contributed by atoms with Crippen molar-refractivity contribution >= 4 is 33.2 Å². The lowest BCUT2D eigenvalue weighted by atomic mass is 10.1. The van der Waals surface area contributed by atoms with Crippen LogP contribution in [-0.4, -0.2) is 15.1 Å². The molecule has 7 heteroatoms. The third-order valence-corrected chi connectivity index (χ3v) is 5.44. The number of rotatable bonds is 4. The summed E-state index contributed by atoms with van der Waals surface area (Å²) in [4.78, 5) is 10.7. The van der Waals surface area contributed by atoms with Crippen LogP contribution in [-0.2, 0) is 6.61 Å². The van der Waals surface area contributed by atoms with Crippen molar-refractivity contribution < 1.29 is 9.26 Å². The number of ether oxygens (including phenoxy) is 1. The molecule has 0 bridgehead atoms. The zero-order valence-corrected chi connectivity index (χ0v) is 15.2. The zero-order chi connectivity index (χ0) is 17.4. The van der Waals surface area contributed by atoms with E-state index >= 15 is 0 Å². The van der Waals surface area contributed by atoms with E-state index in [9.17, 15) is 0 Å². The summed E-state index contributed by atoms with van der Waals surface area (Å²) in [6, 6.07) is 9.33. The quantitative estimate of drug-likeness (QED) is 0.493. The Bertz CT molecular complexity index is 1060. The Kier molecular flexibility index (Phi) is 4.15. The van der Waals surface area contributed by atoms with Crippen LogP contribution in [0.3, 0.4) is 0 Å². The molecule has 1 aromatic carbocycles. The summed E-state index contributed by atoms with van der Waals surface area (Å²) in [6.45, 7) is 4.35. The maximum Gasteiger partial charge on any atom is 0.226 e. The predicted octanol–water partition coefficient (Wildman–Crippen LogP) is 5.20. The van der Waals surface area contributed by atoms with Crippen LogP contribution >= 0.6 is 22.9 Å². The lowest BCUT2D eigenvalue weighted by molar-refractivity contribution is 0.244. The number of hydrogen-bond acceptors (Lipinski definition) is 6. The molecule has 0 spiro atoms. The highest BCUT2D eigenvalue weighted by Crippen LogP contribution is 2.34. The second-order valence-corrected chi connectivity index (χ2v) is 7.20. The fourth-order valence-corrected chi connectivity index (χ4v) is 3.80. The minimum absolute atomic E-state index is 0.234. The molecule has 126 valence electrons. The van der Waals surface area contributed by atoms with Gasteiger partial charge in [0.25, 0.3) is 0 Å². The number of nitrogens with zero attached hydrogens (tertiary/aromatic N) is 3. The van der Waals surface area contributed by atoms with Crippen molar-refractivity contribution in [3.8, 4) is 17.1 Å². The molecule has 0 radical (unpaired) electrons. The van der Waals surface area contributed by atoms with Gasteiger partial charge in [0.15, 0.2) is 12.4 Å². The first-order chi connectivity index (χ1) is 12.1. The number of benzene rings is 1. The standard InChI is InChI=1S/C18H14ClN3O2S/c1-10-11(2)25-18-16(10)17(20-9-21-18)23-8-12-7-15(22-24-12)13-5-3-4-6-14(13)19/h3-7,9H,8H2,1-2H3. The summed E-state index contributed by atoms with van der Waals surface area (Å²) in [5, 5.41) is 5.66. The number of fused-ring (bicyclic) bond motifs is 1. The first-order valence-corrected chi connectivity index (χ1v) is 8.87. The van der Waals surface area contributed by atoms with Crippen LogP contribution in [0.2, 0.25) is 5.02 Å². The zero-order valence-electron chi connectivity index (χ0n) is 13.6. The van der Waals surface area contributed by atoms with Crippen LogP contribution in [0, 0.1) is 13.8 Å². The van der Waals surface area contributed by atoms with Crippen LogP contribution in [0.4, 0.5) is 0 Å². The van der Waals surface area contributed by atoms with E-state index in [0.717, 1.165) is 21.3 Å². The van der Waals surface area contributed by atoms with E-state index in [2.05, 4.69) is 22.0 Å². The van der Waals surface area contributed by atoms with Gasteiger partial charge in [0, 0.05) is 16.5 Å². The summed E-state index contributed by atoms with van der Waals surface area (Å²) >= 11 is 7.83. The monoisotopic (exact) mass is 371 g/mol. The van der Waals surface area contributed by atoms with Crippen molar-refractivity contribution in [3.63, 3.8) is 0 Å². The van der Waals surface area contributed by atoms with E-state index in [4.69, 9.17) is 20.9 Å². The maximum absolute atomic E-state index is 6.20. The predicted molar refractivity (Wildman–Crippen MR) is 98.2 cm³/mol. The van der Waals surface area contributed by atoms with E-state index in [1.54, 1.807) is 11.3 Å². The minimum atomic E-state index is 0.234. The Morgan fingerprint density at radius 1 is 1.20 bits per heavy atom. The molecule has 0 N–H and O–H groups in total. The van der Waals surface area contributed by atoms with Crippen LogP contribution in [0.5, 0.6) is 5.88 Å². The van der Waals surface area contributed by atoms with Gasteiger partial charge < -0.3 is 9.26 Å². The average Bonchev–Trinajstić information content (AvgIpc) is 3.19. The van der Waals surface area contributed by atoms with Crippen LogP contribution in [0.1, 0.15) is 16.2 Å². The molecule has 25 heavy (non-hydrogen) atoms. The Morgan fingerprint density at radius 3 is 2.88 bits per heavy atom. The molecule has 3 heterocycles. The highest BCUT2D eigenvalue weighted by molar-refractivity contribution is 7.18. The van der Waals surface area contributed by atoms with Gasteiger partial charge in [-0.1, -0.05) is 35.0 Å².